The Balaban J connectivity index is 1.72. The zero-order valence-electron chi connectivity index (χ0n) is 26.0. The summed E-state index contributed by atoms with van der Waals surface area (Å²) in [5.74, 6) is -20.1. The van der Waals surface area contributed by atoms with Crippen LogP contribution < -0.4 is 0 Å². The Morgan fingerprint density at radius 2 is 1.08 bits per heavy atom. The minimum Gasteiger partial charge on any atom is -0.504 e. The first-order valence-electron chi connectivity index (χ1n) is 14.5. The standard InChI is InChI=1S/C31H28O21/c32-14(3-4-48-27(44)11-5-15(33)23(41)16(34)6-11)26(50-28(45)12-7-17(35)24(42)18(36)8-12)31(47)30(49-21(39)1-2-22(40)52-31)51-29(46)13-9-19(37)25(43)20(38)10-13/h5-10,14,26,30,32-38,41-43,47H,1-4H2/t14-,26-,30?,31+/m0/s1. The van der Waals surface area contributed by atoms with Crippen LogP contribution in [0.1, 0.15) is 50.3 Å². The molecule has 1 aliphatic heterocycles. The SMILES string of the molecule is O=C1CCC(=O)O[C@](O)([C@@H](OC(=O)c2cc(O)c(O)c(O)c2)[C@@H](O)CCOC(=O)c2cc(O)c(O)c(O)c2)C(OC(=O)c2cc(O)c(O)c(O)c2)O1. The number of cyclic esters (lactones) is 2. The zero-order valence-corrected chi connectivity index (χ0v) is 26.0. The van der Waals surface area contributed by atoms with Crippen LogP contribution in [-0.4, -0.2) is 117 Å². The summed E-state index contributed by atoms with van der Waals surface area (Å²) < 4.78 is 25.2. The van der Waals surface area contributed by atoms with Gasteiger partial charge < -0.3 is 79.9 Å². The third-order valence-electron chi connectivity index (χ3n) is 7.15. The van der Waals surface area contributed by atoms with Gasteiger partial charge in [0.1, 0.15) is 6.10 Å². The van der Waals surface area contributed by atoms with Crippen molar-refractivity contribution in [1.29, 1.82) is 0 Å². The minimum absolute atomic E-state index is 0.505. The lowest BCUT2D eigenvalue weighted by atomic mass is 9.99. The molecule has 1 aliphatic rings. The number of carbonyl (C=O) groups excluding carboxylic acids is 5. The molecule has 4 rings (SSSR count). The maximum absolute atomic E-state index is 13.2. The molecular formula is C31H28O21. The van der Waals surface area contributed by atoms with Crippen LogP contribution in [0.4, 0.5) is 0 Å². The molecule has 11 N–H and O–H groups in total. The molecule has 0 amide bonds. The number of ether oxygens (including phenoxy) is 5. The van der Waals surface area contributed by atoms with Gasteiger partial charge in [-0.2, -0.15) is 0 Å². The second-order valence-corrected chi connectivity index (χ2v) is 10.9. The number of aliphatic hydroxyl groups is 2. The van der Waals surface area contributed by atoms with Crippen molar-refractivity contribution in [3.63, 3.8) is 0 Å². The molecule has 0 aromatic heterocycles. The predicted molar refractivity (Wildman–Crippen MR) is 160 cm³/mol. The molecule has 3 aromatic rings. The third kappa shape index (κ3) is 8.11. The summed E-state index contributed by atoms with van der Waals surface area (Å²) >= 11 is 0. The average molecular weight is 737 g/mol. The lowest BCUT2D eigenvalue weighted by Gasteiger charge is -2.41. The lowest BCUT2D eigenvalue weighted by Crippen LogP contribution is -2.63. The molecule has 278 valence electrons. The normalized spacial score (nSPS) is 18.5. The van der Waals surface area contributed by atoms with E-state index >= 15 is 0 Å². The number of benzene rings is 3. The van der Waals surface area contributed by atoms with E-state index in [0.717, 1.165) is 0 Å². The van der Waals surface area contributed by atoms with Crippen LogP contribution in [0, 0.1) is 0 Å². The summed E-state index contributed by atoms with van der Waals surface area (Å²) in [6.07, 6.45) is -10.3. The van der Waals surface area contributed by atoms with E-state index in [1.807, 2.05) is 0 Å². The molecule has 0 spiro atoms. The van der Waals surface area contributed by atoms with E-state index in [4.69, 9.17) is 23.7 Å². The number of aliphatic hydroxyl groups excluding tert-OH is 1. The van der Waals surface area contributed by atoms with Crippen molar-refractivity contribution in [1.82, 2.24) is 0 Å². The number of carbonyl (C=O) groups is 5. The van der Waals surface area contributed by atoms with Crippen molar-refractivity contribution in [3.8, 4) is 51.7 Å². The summed E-state index contributed by atoms with van der Waals surface area (Å²) in [6.45, 7) is -0.864. The van der Waals surface area contributed by atoms with Crippen molar-refractivity contribution in [2.45, 2.75) is 43.5 Å². The average Bonchev–Trinajstić information content (AvgIpc) is 3.07. The molecular weight excluding hydrogens is 708 g/mol. The molecule has 4 atom stereocenters. The van der Waals surface area contributed by atoms with E-state index in [1.165, 1.54) is 0 Å². The Morgan fingerprint density at radius 3 is 1.54 bits per heavy atom. The van der Waals surface area contributed by atoms with Crippen LogP contribution in [0.25, 0.3) is 0 Å². The number of rotatable bonds is 10. The molecule has 1 heterocycles. The van der Waals surface area contributed by atoms with Gasteiger partial charge in [0, 0.05) is 6.42 Å². The predicted octanol–water partition coefficient (Wildman–Crippen LogP) is -0.0777. The van der Waals surface area contributed by atoms with Gasteiger partial charge in [-0.05, 0) is 36.4 Å². The highest BCUT2D eigenvalue weighted by atomic mass is 16.8. The Hall–Kier alpha value is -6.87. The monoisotopic (exact) mass is 736 g/mol. The Morgan fingerprint density at radius 1 is 0.673 bits per heavy atom. The van der Waals surface area contributed by atoms with Crippen LogP contribution in [-0.2, 0) is 33.3 Å². The lowest BCUT2D eigenvalue weighted by molar-refractivity contribution is -0.343. The molecule has 52 heavy (non-hydrogen) atoms. The third-order valence-corrected chi connectivity index (χ3v) is 7.15. The number of hydrogen-bond acceptors (Lipinski definition) is 21. The van der Waals surface area contributed by atoms with E-state index < -0.39 is 148 Å². The summed E-state index contributed by atoms with van der Waals surface area (Å²) in [6, 6.07) is 3.65. The topological polar surface area (TPSA) is 354 Å². The fraction of sp³-hybridized carbons (Fsp3) is 0.258. The second kappa shape index (κ2) is 14.9. The highest BCUT2D eigenvalue weighted by molar-refractivity contribution is 5.93. The summed E-state index contributed by atoms with van der Waals surface area (Å²) in [5.41, 5.74) is -2.04. The smallest absolute Gasteiger partial charge is 0.341 e. The molecule has 1 saturated heterocycles. The number of hydrogen-bond donors (Lipinski definition) is 11. The van der Waals surface area contributed by atoms with Gasteiger partial charge >= 0.3 is 41.9 Å². The van der Waals surface area contributed by atoms with E-state index in [9.17, 15) is 80.1 Å². The van der Waals surface area contributed by atoms with Gasteiger partial charge in [0.15, 0.2) is 51.7 Å². The maximum atomic E-state index is 13.2. The van der Waals surface area contributed by atoms with Crippen LogP contribution >= 0.6 is 0 Å². The maximum Gasteiger partial charge on any atom is 0.341 e. The van der Waals surface area contributed by atoms with E-state index in [2.05, 4.69) is 0 Å². The van der Waals surface area contributed by atoms with Crippen molar-refractivity contribution < 1.29 is 104 Å². The molecule has 0 saturated carbocycles. The minimum atomic E-state index is -3.71. The Kier molecular flexibility index (Phi) is 10.9. The second-order valence-electron chi connectivity index (χ2n) is 10.9. The molecule has 1 fully saturated rings. The van der Waals surface area contributed by atoms with Crippen molar-refractivity contribution in [3.05, 3.63) is 53.1 Å². The molecule has 21 nitrogen and oxygen atoms in total. The van der Waals surface area contributed by atoms with Crippen molar-refractivity contribution in [2.24, 2.45) is 0 Å². The first kappa shape index (κ1) is 37.9. The van der Waals surface area contributed by atoms with Gasteiger partial charge in [-0.1, -0.05) is 0 Å². The van der Waals surface area contributed by atoms with Gasteiger partial charge in [0.05, 0.1) is 36.1 Å². The number of phenolic OH excluding ortho intramolecular Hbond substituents is 9. The highest BCUT2D eigenvalue weighted by Gasteiger charge is 2.58. The first-order chi connectivity index (χ1) is 24.3. The van der Waals surface area contributed by atoms with Gasteiger partial charge in [0.25, 0.3) is 0 Å². The number of aromatic hydroxyl groups is 9. The first-order valence-corrected chi connectivity index (χ1v) is 14.5. The van der Waals surface area contributed by atoms with E-state index in [0.29, 0.717) is 36.4 Å². The molecule has 0 radical (unpaired) electrons. The van der Waals surface area contributed by atoms with Crippen molar-refractivity contribution >= 4 is 29.8 Å². The van der Waals surface area contributed by atoms with Crippen LogP contribution in [0.15, 0.2) is 36.4 Å². The number of esters is 5. The summed E-state index contributed by atoms with van der Waals surface area (Å²) in [4.78, 5) is 64.1. The quantitative estimate of drug-likeness (QED) is 0.0736. The zero-order chi connectivity index (χ0) is 38.7. The van der Waals surface area contributed by atoms with Gasteiger partial charge in [-0.15, -0.1) is 0 Å². The fourth-order valence-electron chi connectivity index (χ4n) is 4.51. The molecule has 21 heteroatoms. The Bertz CT molecular complexity index is 1850. The van der Waals surface area contributed by atoms with Crippen LogP contribution in [0.2, 0.25) is 0 Å². The summed E-state index contributed by atoms with van der Waals surface area (Å²) in [7, 11) is 0. The van der Waals surface area contributed by atoms with Gasteiger partial charge in [0.2, 0.25) is 6.10 Å². The van der Waals surface area contributed by atoms with E-state index in [1.54, 1.807) is 0 Å². The largest absolute Gasteiger partial charge is 0.504 e. The molecule has 0 bridgehead atoms. The molecule has 0 aliphatic carbocycles. The Labute approximate surface area is 288 Å². The molecule has 1 unspecified atom stereocenters. The summed E-state index contributed by atoms with van der Waals surface area (Å²) in [5, 5.41) is 111. The van der Waals surface area contributed by atoms with Crippen molar-refractivity contribution in [2.75, 3.05) is 6.61 Å². The van der Waals surface area contributed by atoms with Gasteiger partial charge in [-0.25, -0.2) is 14.4 Å². The van der Waals surface area contributed by atoms with E-state index in [-0.39, 0.29) is 0 Å². The van der Waals surface area contributed by atoms with Crippen LogP contribution in [0.5, 0.6) is 51.7 Å². The number of phenols is 9. The highest BCUT2D eigenvalue weighted by Crippen LogP contribution is 2.39. The van der Waals surface area contributed by atoms with Gasteiger partial charge in [-0.3, -0.25) is 9.59 Å². The fourth-order valence-corrected chi connectivity index (χ4v) is 4.51. The molecule has 3 aromatic carbocycles. The van der Waals surface area contributed by atoms with Crippen LogP contribution in [0.3, 0.4) is 0 Å².